The number of nitrogens with two attached hydrogens (primary N) is 1. The number of carbonyl (C=O) groups is 1. The SMILES string of the molecule is Cc1ccc(C(=O)CCc2nc(C3(N)CCCC3)no2)cc1C. The minimum Gasteiger partial charge on any atom is -0.339 e. The summed E-state index contributed by atoms with van der Waals surface area (Å²) in [7, 11) is 0. The lowest BCUT2D eigenvalue weighted by atomic mass is 9.98. The first kappa shape index (κ1) is 15.9. The average molecular weight is 313 g/mol. The van der Waals surface area contributed by atoms with Crippen LogP contribution in [0.15, 0.2) is 22.7 Å². The van der Waals surface area contributed by atoms with Crippen molar-refractivity contribution in [2.24, 2.45) is 5.73 Å². The summed E-state index contributed by atoms with van der Waals surface area (Å²) in [5, 5.41) is 4.02. The van der Waals surface area contributed by atoms with E-state index in [4.69, 9.17) is 10.3 Å². The number of rotatable bonds is 5. The predicted molar refractivity (Wildman–Crippen MR) is 87.2 cm³/mol. The van der Waals surface area contributed by atoms with Crippen molar-refractivity contribution in [2.45, 2.75) is 57.9 Å². The highest BCUT2D eigenvalue weighted by Gasteiger charge is 2.35. The molecular weight excluding hydrogens is 290 g/mol. The van der Waals surface area contributed by atoms with Crippen molar-refractivity contribution in [2.75, 3.05) is 0 Å². The summed E-state index contributed by atoms with van der Waals surface area (Å²) in [6.07, 6.45) is 4.81. The Balaban J connectivity index is 1.63. The van der Waals surface area contributed by atoms with Crippen LogP contribution in [0.25, 0.3) is 0 Å². The summed E-state index contributed by atoms with van der Waals surface area (Å²) >= 11 is 0. The molecule has 0 spiro atoms. The molecule has 1 heterocycles. The molecule has 23 heavy (non-hydrogen) atoms. The molecule has 1 saturated carbocycles. The van der Waals surface area contributed by atoms with Gasteiger partial charge in [0.1, 0.15) is 0 Å². The highest BCUT2D eigenvalue weighted by atomic mass is 16.5. The lowest BCUT2D eigenvalue weighted by Crippen LogP contribution is -2.34. The van der Waals surface area contributed by atoms with Crippen LogP contribution in [0.2, 0.25) is 0 Å². The fraction of sp³-hybridized carbons (Fsp3) is 0.500. The summed E-state index contributed by atoms with van der Waals surface area (Å²) in [6, 6.07) is 5.78. The zero-order valence-corrected chi connectivity index (χ0v) is 13.8. The molecule has 1 aromatic heterocycles. The molecule has 1 aromatic carbocycles. The van der Waals surface area contributed by atoms with Crippen molar-refractivity contribution in [1.82, 2.24) is 10.1 Å². The van der Waals surface area contributed by atoms with Gasteiger partial charge in [-0.05, 0) is 43.9 Å². The van der Waals surface area contributed by atoms with Gasteiger partial charge in [0, 0.05) is 18.4 Å². The summed E-state index contributed by atoms with van der Waals surface area (Å²) < 4.78 is 5.28. The molecule has 1 fully saturated rings. The maximum atomic E-state index is 12.3. The van der Waals surface area contributed by atoms with Gasteiger partial charge in [-0.3, -0.25) is 4.79 Å². The molecule has 3 rings (SSSR count). The molecule has 122 valence electrons. The Hall–Kier alpha value is -2.01. The molecule has 0 saturated heterocycles. The summed E-state index contributed by atoms with van der Waals surface area (Å²) in [5.41, 5.74) is 8.93. The van der Waals surface area contributed by atoms with E-state index in [2.05, 4.69) is 10.1 Å². The minimum atomic E-state index is -0.445. The standard InChI is InChI=1S/C18H23N3O2/c1-12-5-6-14(11-13(12)2)15(22)7-8-16-20-17(21-23-16)18(19)9-3-4-10-18/h5-6,11H,3-4,7-10,19H2,1-2H3. The van der Waals surface area contributed by atoms with E-state index >= 15 is 0 Å². The Morgan fingerprint density at radius 3 is 2.70 bits per heavy atom. The molecule has 0 aliphatic heterocycles. The van der Waals surface area contributed by atoms with Gasteiger partial charge in [0.2, 0.25) is 5.89 Å². The number of benzene rings is 1. The van der Waals surface area contributed by atoms with Crippen LogP contribution in [0.5, 0.6) is 0 Å². The molecular formula is C18H23N3O2. The van der Waals surface area contributed by atoms with Gasteiger partial charge in [0.25, 0.3) is 0 Å². The first-order valence-corrected chi connectivity index (χ1v) is 8.20. The van der Waals surface area contributed by atoms with Crippen LogP contribution in [0.3, 0.4) is 0 Å². The normalized spacial score (nSPS) is 16.7. The Bertz CT molecular complexity index is 715. The van der Waals surface area contributed by atoms with E-state index in [1.54, 1.807) is 0 Å². The monoisotopic (exact) mass is 313 g/mol. The van der Waals surface area contributed by atoms with Crippen molar-refractivity contribution in [3.05, 3.63) is 46.6 Å². The van der Waals surface area contributed by atoms with Crippen LogP contribution in [0, 0.1) is 13.8 Å². The van der Waals surface area contributed by atoms with E-state index < -0.39 is 5.54 Å². The number of aryl methyl sites for hydroxylation is 3. The number of ketones is 1. The number of hydrogen-bond acceptors (Lipinski definition) is 5. The molecule has 0 amide bonds. The summed E-state index contributed by atoms with van der Waals surface area (Å²) in [5.74, 6) is 1.17. The lowest BCUT2D eigenvalue weighted by molar-refractivity contribution is 0.0979. The first-order valence-electron chi connectivity index (χ1n) is 8.20. The lowest BCUT2D eigenvalue weighted by Gasteiger charge is -2.17. The largest absolute Gasteiger partial charge is 0.339 e. The number of aromatic nitrogens is 2. The van der Waals surface area contributed by atoms with Gasteiger partial charge in [-0.25, -0.2) is 0 Å². The topological polar surface area (TPSA) is 82.0 Å². The van der Waals surface area contributed by atoms with E-state index in [9.17, 15) is 4.79 Å². The molecule has 5 heteroatoms. The van der Waals surface area contributed by atoms with Gasteiger partial charge in [-0.2, -0.15) is 4.98 Å². The number of hydrogen-bond donors (Lipinski definition) is 1. The van der Waals surface area contributed by atoms with Crippen LogP contribution in [0.1, 0.15) is 65.3 Å². The van der Waals surface area contributed by atoms with E-state index in [-0.39, 0.29) is 5.78 Å². The Labute approximate surface area is 136 Å². The second-order valence-electron chi connectivity index (χ2n) is 6.60. The van der Waals surface area contributed by atoms with Gasteiger partial charge in [0.15, 0.2) is 11.6 Å². The highest BCUT2D eigenvalue weighted by Crippen LogP contribution is 2.34. The molecule has 0 unspecified atom stereocenters. The van der Waals surface area contributed by atoms with E-state index in [0.717, 1.165) is 36.8 Å². The molecule has 1 aliphatic rings. The summed E-state index contributed by atoms with van der Waals surface area (Å²) in [6.45, 7) is 4.05. The third-order valence-corrected chi connectivity index (χ3v) is 4.80. The zero-order valence-electron chi connectivity index (χ0n) is 13.8. The van der Waals surface area contributed by atoms with E-state index in [1.807, 2.05) is 32.0 Å². The molecule has 0 bridgehead atoms. The van der Waals surface area contributed by atoms with Gasteiger partial charge >= 0.3 is 0 Å². The van der Waals surface area contributed by atoms with Crippen molar-refractivity contribution in [3.8, 4) is 0 Å². The van der Waals surface area contributed by atoms with E-state index in [0.29, 0.717) is 24.6 Å². The molecule has 1 aliphatic carbocycles. The van der Waals surface area contributed by atoms with Crippen LogP contribution in [-0.4, -0.2) is 15.9 Å². The van der Waals surface area contributed by atoms with Crippen LogP contribution in [-0.2, 0) is 12.0 Å². The predicted octanol–water partition coefficient (Wildman–Crippen LogP) is 3.23. The number of nitrogens with zero attached hydrogens (tertiary/aromatic N) is 2. The zero-order chi connectivity index (χ0) is 16.4. The fourth-order valence-electron chi connectivity index (χ4n) is 3.07. The molecule has 0 radical (unpaired) electrons. The van der Waals surface area contributed by atoms with Gasteiger partial charge < -0.3 is 10.3 Å². The van der Waals surface area contributed by atoms with E-state index in [1.165, 1.54) is 5.56 Å². The molecule has 5 nitrogen and oxygen atoms in total. The quantitative estimate of drug-likeness (QED) is 0.857. The van der Waals surface area contributed by atoms with Crippen molar-refractivity contribution < 1.29 is 9.32 Å². The van der Waals surface area contributed by atoms with Crippen molar-refractivity contribution >= 4 is 5.78 Å². The van der Waals surface area contributed by atoms with Gasteiger partial charge in [0.05, 0.1) is 5.54 Å². The van der Waals surface area contributed by atoms with Crippen LogP contribution < -0.4 is 5.73 Å². The first-order chi connectivity index (χ1) is 11.0. The maximum absolute atomic E-state index is 12.3. The second-order valence-corrected chi connectivity index (χ2v) is 6.60. The van der Waals surface area contributed by atoms with Gasteiger partial charge in [-0.1, -0.05) is 30.1 Å². The molecule has 0 atom stereocenters. The average Bonchev–Trinajstić information content (AvgIpc) is 3.17. The third kappa shape index (κ3) is 3.34. The van der Waals surface area contributed by atoms with Crippen LogP contribution >= 0.6 is 0 Å². The Morgan fingerprint density at radius 2 is 2.00 bits per heavy atom. The third-order valence-electron chi connectivity index (χ3n) is 4.80. The fourth-order valence-corrected chi connectivity index (χ4v) is 3.07. The van der Waals surface area contributed by atoms with Crippen molar-refractivity contribution in [1.29, 1.82) is 0 Å². The van der Waals surface area contributed by atoms with Crippen molar-refractivity contribution in [3.63, 3.8) is 0 Å². The number of Topliss-reactive ketones (excluding diaryl/α,β-unsaturated/α-hetero) is 1. The Kier molecular flexibility index (Phi) is 4.31. The van der Waals surface area contributed by atoms with Gasteiger partial charge in [-0.15, -0.1) is 0 Å². The molecule has 2 aromatic rings. The minimum absolute atomic E-state index is 0.0937. The number of carbonyl (C=O) groups excluding carboxylic acids is 1. The highest BCUT2D eigenvalue weighted by molar-refractivity contribution is 5.96. The maximum Gasteiger partial charge on any atom is 0.227 e. The Morgan fingerprint density at radius 1 is 1.26 bits per heavy atom. The van der Waals surface area contributed by atoms with Crippen LogP contribution in [0.4, 0.5) is 0 Å². The smallest absolute Gasteiger partial charge is 0.227 e. The summed E-state index contributed by atoms with van der Waals surface area (Å²) in [4.78, 5) is 16.7. The molecule has 2 N–H and O–H groups in total. The second kappa shape index (κ2) is 6.24.